The second-order valence-corrected chi connectivity index (χ2v) is 4.39. The van der Waals surface area contributed by atoms with E-state index in [1.54, 1.807) is 0 Å². The summed E-state index contributed by atoms with van der Waals surface area (Å²) in [6.07, 6.45) is 1.81. The second kappa shape index (κ2) is 6.80. The van der Waals surface area contributed by atoms with Gasteiger partial charge in [0.15, 0.2) is 0 Å². The number of rotatable bonds is 6. The molecule has 0 aromatic rings. The van der Waals surface area contributed by atoms with Gasteiger partial charge in [0, 0.05) is 6.61 Å². The first-order valence-electron chi connectivity index (χ1n) is 5.26. The van der Waals surface area contributed by atoms with Crippen molar-refractivity contribution in [2.75, 3.05) is 13.2 Å². The summed E-state index contributed by atoms with van der Waals surface area (Å²) in [6.45, 7) is 9.69. The fourth-order valence-corrected chi connectivity index (χ4v) is 1.01. The third kappa shape index (κ3) is 8.03. The minimum absolute atomic E-state index is 0.0719. The van der Waals surface area contributed by atoms with Gasteiger partial charge in [-0.05, 0) is 40.2 Å². The van der Waals surface area contributed by atoms with Crippen LogP contribution in [0.5, 0.6) is 0 Å². The molecule has 0 radical (unpaired) electrons. The summed E-state index contributed by atoms with van der Waals surface area (Å²) in [5, 5.41) is 12.0. The Hall–Kier alpha value is -0.590. The van der Waals surface area contributed by atoms with Gasteiger partial charge in [-0.1, -0.05) is 6.92 Å². The van der Waals surface area contributed by atoms with Crippen LogP contribution in [0.3, 0.4) is 0 Å². The fourth-order valence-electron chi connectivity index (χ4n) is 1.01. The number of nitriles is 1. The molecule has 0 aliphatic heterocycles. The van der Waals surface area contributed by atoms with Crippen molar-refractivity contribution in [1.29, 1.82) is 5.26 Å². The van der Waals surface area contributed by atoms with E-state index in [2.05, 4.69) is 18.3 Å². The maximum atomic E-state index is 8.81. The normalized spacial score (nSPS) is 13.6. The van der Waals surface area contributed by atoms with Crippen LogP contribution in [0.15, 0.2) is 0 Å². The highest BCUT2D eigenvalue weighted by molar-refractivity contribution is 4.89. The second-order valence-electron chi connectivity index (χ2n) is 4.39. The van der Waals surface area contributed by atoms with Gasteiger partial charge in [0.25, 0.3) is 0 Å². The molecule has 1 atom stereocenters. The highest BCUT2D eigenvalue weighted by Gasteiger charge is 2.11. The van der Waals surface area contributed by atoms with Crippen LogP contribution >= 0.6 is 0 Å². The standard InChI is InChI=1S/C11H22N2O/c1-5-7-13-10(9-12)6-8-14-11(2,3)4/h10,13H,5-8H2,1-4H3. The van der Waals surface area contributed by atoms with E-state index >= 15 is 0 Å². The van der Waals surface area contributed by atoms with Crippen molar-refractivity contribution < 1.29 is 4.74 Å². The van der Waals surface area contributed by atoms with Crippen LogP contribution in [0.1, 0.15) is 40.5 Å². The van der Waals surface area contributed by atoms with Crippen molar-refractivity contribution in [3.8, 4) is 6.07 Å². The summed E-state index contributed by atoms with van der Waals surface area (Å²) >= 11 is 0. The molecule has 0 aromatic carbocycles. The molecule has 1 N–H and O–H groups in total. The molecule has 0 aliphatic carbocycles. The summed E-state index contributed by atoms with van der Waals surface area (Å²) < 4.78 is 5.55. The Morgan fingerprint density at radius 1 is 1.43 bits per heavy atom. The summed E-state index contributed by atoms with van der Waals surface area (Å²) in [7, 11) is 0. The van der Waals surface area contributed by atoms with E-state index in [1.165, 1.54) is 0 Å². The largest absolute Gasteiger partial charge is 0.376 e. The Balaban J connectivity index is 3.59. The zero-order valence-electron chi connectivity index (χ0n) is 9.76. The van der Waals surface area contributed by atoms with Crippen LogP contribution < -0.4 is 5.32 Å². The fraction of sp³-hybridized carbons (Fsp3) is 0.909. The smallest absolute Gasteiger partial charge is 0.0975 e. The van der Waals surface area contributed by atoms with Crippen molar-refractivity contribution in [2.45, 2.75) is 52.2 Å². The quantitative estimate of drug-likeness (QED) is 0.710. The van der Waals surface area contributed by atoms with Crippen LogP contribution in [-0.4, -0.2) is 24.8 Å². The van der Waals surface area contributed by atoms with Crippen LogP contribution in [0, 0.1) is 11.3 Å². The molecule has 0 heterocycles. The molecule has 3 nitrogen and oxygen atoms in total. The number of nitrogens with zero attached hydrogens (tertiary/aromatic N) is 1. The van der Waals surface area contributed by atoms with Gasteiger partial charge in [0.2, 0.25) is 0 Å². The molecule has 14 heavy (non-hydrogen) atoms. The third-order valence-corrected chi connectivity index (χ3v) is 1.74. The average molecular weight is 198 g/mol. The van der Waals surface area contributed by atoms with Crippen molar-refractivity contribution >= 4 is 0 Å². The molecule has 0 aliphatic rings. The lowest BCUT2D eigenvalue weighted by molar-refractivity contribution is -0.00554. The van der Waals surface area contributed by atoms with Crippen LogP contribution in [0.4, 0.5) is 0 Å². The van der Waals surface area contributed by atoms with Gasteiger partial charge in [0.05, 0.1) is 17.7 Å². The zero-order chi connectivity index (χ0) is 11.0. The van der Waals surface area contributed by atoms with Gasteiger partial charge in [-0.25, -0.2) is 0 Å². The van der Waals surface area contributed by atoms with E-state index < -0.39 is 0 Å². The SMILES string of the molecule is CCCNC(C#N)CCOC(C)(C)C. The molecule has 3 heteroatoms. The third-order valence-electron chi connectivity index (χ3n) is 1.74. The van der Waals surface area contributed by atoms with Gasteiger partial charge < -0.3 is 10.1 Å². The summed E-state index contributed by atoms with van der Waals surface area (Å²) in [5.41, 5.74) is -0.106. The Morgan fingerprint density at radius 3 is 2.50 bits per heavy atom. The predicted octanol–water partition coefficient (Wildman–Crippen LogP) is 2.08. The van der Waals surface area contributed by atoms with Gasteiger partial charge in [-0.15, -0.1) is 0 Å². The molecule has 0 aromatic heterocycles. The Bertz CT molecular complexity index is 179. The molecule has 0 fully saturated rings. The lowest BCUT2D eigenvalue weighted by Gasteiger charge is -2.20. The topological polar surface area (TPSA) is 45.0 Å². The van der Waals surface area contributed by atoms with Crippen LogP contribution in [0.2, 0.25) is 0 Å². The van der Waals surface area contributed by atoms with Gasteiger partial charge >= 0.3 is 0 Å². The van der Waals surface area contributed by atoms with Crippen LogP contribution in [-0.2, 0) is 4.74 Å². The number of ether oxygens (including phenoxy) is 1. The van der Waals surface area contributed by atoms with Crippen molar-refractivity contribution in [2.24, 2.45) is 0 Å². The van der Waals surface area contributed by atoms with E-state index in [9.17, 15) is 0 Å². The first-order valence-corrected chi connectivity index (χ1v) is 5.26. The van der Waals surface area contributed by atoms with E-state index in [0.29, 0.717) is 6.61 Å². The first-order chi connectivity index (χ1) is 6.49. The Morgan fingerprint density at radius 2 is 2.07 bits per heavy atom. The van der Waals surface area contributed by atoms with Gasteiger partial charge in [-0.2, -0.15) is 5.26 Å². The number of nitrogens with one attached hydrogen (secondary N) is 1. The van der Waals surface area contributed by atoms with E-state index in [4.69, 9.17) is 10.00 Å². The molecular formula is C11H22N2O. The number of hydrogen-bond acceptors (Lipinski definition) is 3. The molecule has 82 valence electrons. The van der Waals surface area contributed by atoms with E-state index in [1.807, 2.05) is 20.8 Å². The molecule has 0 bridgehead atoms. The van der Waals surface area contributed by atoms with Crippen molar-refractivity contribution in [3.05, 3.63) is 0 Å². The maximum absolute atomic E-state index is 8.81. The van der Waals surface area contributed by atoms with Gasteiger partial charge in [0.1, 0.15) is 0 Å². The zero-order valence-corrected chi connectivity index (χ0v) is 9.76. The average Bonchev–Trinajstić information content (AvgIpc) is 2.09. The first kappa shape index (κ1) is 13.4. The maximum Gasteiger partial charge on any atom is 0.0975 e. The minimum atomic E-state index is -0.106. The monoisotopic (exact) mass is 198 g/mol. The van der Waals surface area contributed by atoms with E-state index in [0.717, 1.165) is 19.4 Å². The molecule has 0 saturated heterocycles. The van der Waals surface area contributed by atoms with Crippen molar-refractivity contribution in [3.63, 3.8) is 0 Å². The van der Waals surface area contributed by atoms with Crippen molar-refractivity contribution in [1.82, 2.24) is 5.32 Å². The minimum Gasteiger partial charge on any atom is -0.376 e. The van der Waals surface area contributed by atoms with Gasteiger partial charge in [-0.3, -0.25) is 0 Å². The van der Waals surface area contributed by atoms with E-state index in [-0.39, 0.29) is 11.6 Å². The lowest BCUT2D eigenvalue weighted by Crippen LogP contribution is -2.31. The summed E-state index contributed by atoms with van der Waals surface area (Å²) in [4.78, 5) is 0. The molecule has 1 unspecified atom stereocenters. The Labute approximate surface area is 87.4 Å². The lowest BCUT2D eigenvalue weighted by atomic mass is 10.2. The molecule has 0 rings (SSSR count). The highest BCUT2D eigenvalue weighted by atomic mass is 16.5. The Kier molecular flexibility index (Phi) is 6.52. The molecule has 0 saturated carbocycles. The predicted molar refractivity (Wildman–Crippen MR) is 58.0 cm³/mol. The highest BCUT2D eigenvalue weighted by Crippen LogP contribution is 2.07. The summed E-state index contributed by atoms with van der Waals surface area (Å²) in [5.74, 6) is 0. The summed E-state index contributed by atoms with van der Waals surface area (Å²) in [6, 6.07) is 2.16. The number of hydrogen-bond donors (Lipinski definition) is 1. The molecule has 0 amide bonds. The molecule has 0 spiro atoms. The molecular weight excluding hydrogens is 176 g/mol. The van der Waals surface area contributed by atoms with Crippen LogP contribution in [0.25, 0.3) is 0 Å².